The number of hydrogen-bond acceptors (Lipinski definition) is 5. The SMILES string of the molecule is CC(C)C[C@@H](C(=O)Nc1ccc([N+](=O)[O-])cc1)N1C(=O)[C@H]2C3c4ccccc4C(c4ccccc43)[C@@H]2C1=O. The Bertz CT molecular complexity index is 1370. The van der Waals surface area contributed by atoms with Crippen LogP contribution in [0, 0.1) is 27.9 Å². The molecule has 1 N–H and O–H groups in total. The van der Waals surface area contributed by atoms with E-state index in [0.717, 1.165) is 22.3 Å². The number of imide groups is 1. The molecule has 192 valence electrons. The second-order valence-corrected chi connectivity index (χ2v) is 10.7. The fraction of sp³-hybridized carbons (Fsp3) is 0.300. The second kappa shape index (κ2) is 8.90. The molecule has 3 aliphatic carbocycles. The standard InChI is InChI=1S/C30H27N3O5/c1-16(2)15-23(28(34)31-17-11-13-18(14-12-17)33(37)38)32-29(35)26-24-19-7-3-4-8-20(19)25(27(26)30(32)36)22-10-6-5-9-21(22)24/h3-14,16,23-27H,15H2,1-2H3,(H,31,34)/t23-,24?,25?,26-,27-/m0/s1. The Morgan fingerprint density at radius 1 is 0.842 bits per heavy atom. The van der Waals surface area contributed by atoms with Crippen molar-refractivity contribution >= 4 is 29.1 Å². The lowest BCUT2D eigenvalue weighted by Crippen LogP contribution is -2.48. The summed E-state index contributed by atoms with van der Waals surface area (Å²) in [7, 11) is 0. The van der Waals surface area contributed by atoms with Gasteiger partial charge in [-0.3, -0.25) is 29.4 Å². The van der Waals surface area contributed by atoms with Crippen molar-refractivity contribution in [3.8, 4) is 0 Å². The highest BCUT2D eigenvalue weighted by molar-refractivity contribution is 6.11. The van der Waals surface area contributed by atoms with E-state index in [-0.39, 0.29) is 35.3 Å². The van der Waals surface area contributed by atoms with Crippen LogP contribution in [0.1, 0.15) is 54.4 Å². The van der Waals surface area contributed by atoms with E-state index in [2.05, 4.69) is 5.32 Å². The molecule has 0 saturated carbocycles. The summed E-state index contributed by atoms with van der Waals surface area (Å²) in [4.78, 5) is 53.5. The third-order valence-corrected chi connectivity index (χ3v) is 8.14. The Labute approximate surface area is 219 Å². The molecular weight excluding hydrogens is 482 g/mol. The number of rotatable bonds is 6. The first-order valence-electron chi connectivity index (χ1n) is 12.9. The quantitative estimate of drug-likeness (QED) is 0.291. The van der Waals surface area contributed by atoms with Crippen LogP contribution in [0.4, 0.5) is 11.4 Å². The third kappa shape index (κ3) is 3.55. The molecule has 0 aromatic heterocycles. The number of carbonyl (C=O) groups is 3. The molecule has 4 aliphatic rings. The molecule has 1 heterocycles. The van der Waals surface area contributed by atoms with Crippen molar-refractivity contribution in [3.05, 3.63) is 105 Å². The zero-order valence-corrected chi connectivity index (χ0v) is 21.0. The smallest absolute Gasteiger partial charge is 0.269 e. The summed E-state index contributed by atoms with van der Waals surface area (Å²) in [5.74, 6) is -2.63. The Kier molecular flexibility index (Phi) is 5.63. The summed E-state index contributed by atoms with van der Waals surface area (Å²) < 4.78 is 0. The molecule has 1 saturated heterocycles. The highest BCUT2D eigenvalue weighted by atomic mass is 16.6. The summed E-state index contributed by atoms with van der Waals surface area (Å²) in [5, 5.41) is 13.8. The van der Waals surface area contributed by atoms with Crippen LogP contribution < -0.4 is 5.32 Å². The molecule has 0 spiro atoms. The van der Waals surface area contributed by atoms with Crippen molar-refractivity contribution in [1.82, 2.24) is 4.90 Å². The molecule has 7 rings (SSSR count). The molecule has 0 unspecified atom stereocenters. The van der Waals surface area contributed by atoms with Crippen LogP contribution in [0.2, 0.25) is 0 Å². The first-order chi connectivity index (χ1) is 18.3. The van der Waals surface area contributed by atoms with Crippen LogP contribution in [0.25, 0.3) is 0 Å². The van der Waals surface area contributed by atoms with Gasteiger partial charge in [0.15, 0.2) is 0 Å². The van der Waals surface area contributed by atoms with Gasteiger partial charge < -0.3 is 5.32 Å². The van der Waals surface area contributed by atoms with Crippen molar-refractivity contribution in [2.75, 3.05) is 5.32 Å². The van der Waals surface area contributed by atoms with Crippen LogP contribution in [-0.2, 0) is 14.4 Å². The van der Waals surface area contributed by atoms with Gasteiger partial charge in [0.05, 0.1) is 16.8 Å². The Morgan fingerprint density at radius 3 is 1.68 bits per heavy atom. The van der Waals surface area contributed by atoms with Crippen molar-refractivity contribution in [1.29, 1.82) is 0 Å². The Hall–Kier alpha value is -4.33. The molecule has 1 aliphatic heterocycles. The minimum Gasteiger partial charge on any atom is -0.324 e. The lowest BCUT2D eigenvalue weighted by molar-refractivity contribution is -0.384. The van der Waals surface area contributed by atoms with E-state index in [1.165, 1.54) is 29.2 Å². The van der Waals surface area contributed by atoms with E-state index in [4.69, 9.17) is 0 Å². The normalized spacial score (nSPS) is 23.6. The maximum atomic E-state index is 14.1. The number of nitro groups is 1. The summed E-state index contributed by atoms with van der Waals surface area (Å²) in [6.45, 7) is 3.89. The van der Waals surface area contributed by atoms with E-state index in [1.54, 1.807) is 0 Å². The summed E-state index contributed by atoms with van der Waals surface area (Å²) in [5.41, 5.74) is 4.59. The third-order valence-electron chi connectivity index (χ3n) is 8.14. The molecule has 3 amide bonds. The number of anilines is 1. The lowest BCUT2D eigenvalue weighted by Gasteiger charge is -2.45. The molecule has 0 radical (unpaired) electrons. The highest BCUT2D eigenvalue weighted by Crippen LogP contribution is 2.61. The van der Waals surface area contributed by atoms with E-state index >= 15 is 0 Å². The average molecular weight is 510 g/mol. The number of non-ortho nitro benzene ring substituents is 1. The van der Waals surface area contributed by atoms with Gasteiger partial charge in [-0.15, -0.1) is 0 Å². The number of nitrogens with one attached hydrogen (secondary N) is 1. The molecule has 3 aromatic rings. The molecule has 38 heavy (non-hydrogen) atoms. The van der Waals surface area contributed by atoms with Gasteiger partial charge in [-0.05, 0) is 46.7 Å². The Morgan fingerprint density at radius 2 is 1.29 bits per heavy atom. The molecule has 8 heteroatoms. The van der Waals surface area contributed by atoms with E-state index in [0.29, 0.717) is 12.1 Å². The van der Waals surface area contributed by atoms with E-state index in [1.807, 2.05) is 62.4 Å². The van der Waals surface area contributed by atoms with Gasteiger partial charge in [-0.25, -0.2) is 0 Å². The zero-order valence-electron chi connectivity index (χ0n) is 21.0. The van der Waals surface area contributed by atoms with E-state index < -0.39 is 28.7 Å². The number of hydrogen-bond donors (Lipinski definition) is 1. The molecular formula is C30H27N3O5. The monoisotopic (exact) mass is 509 g/mol. The number of carbonyl (C=O) groups excluding carboxylic acids is 3. The van der Waals surface area contributed by atoms with Crippen LogP contribution in [0.3, 0.4) is 0 Å². The van der Waals surface area contributed by atoms with Crippen LogP contribution >= 0.6 is 0 Å². The first-order valence-corrected chi connectivity index (χ1v) is 12.9. The molecule has 8 nitrogen and oxygen atoms in total. The first kappa shape index (κ1) is 24.0. The van der Waals surface area contributed by atoms with Crippen LogP contribution in [0.15, 0.2) is 72.8 Å². The summed E-state index contributed by atoms with van der Waals surface area (Å²) in [6.07, 6.45) is 0.310. The highest BCUT2D eigenvalue weighted by Gasteiger charge is 2.63. The predicted molar refractivity (Wildman–Crippen MR) is 140 cm³/mol. The largest absolute Gasteiger partial charge is 0.324 e. The van der Waals surface area contributed by atoms with Gasteiger partial charge in [0.25, 0.3) is 5.69 Å². The minimum absolute atomic E-state index is 0.0388. The van der Waals surface area contributed by atoms with Crippen LogP contribution in [0.5, 0.6) is 0 Å². The number of likely N-dealkylation sites (tertiary alicyclic amines) is 1. The van der Waals surface area contributed by atoms with Crippen molar-refractivity contribution in [2.24, 2.45) is 17.8 Å². The number of nitro benzene ring substituents is 1. The fourth-order valence-corrected chi connectivity index (χ4v) is 6.68. The maximum absolute atomic E-state index is 14.1. The van der Waals surface area contributed by atoms with Gasteiger partial charge in [-0.2, -0.15) is 0 Å². The maximum Gasteiger partial charge on any atom is 0.269 e. The Balaban J connectivity index is 1.37. The van der Waals surface area contributed by atoms with Crippen molar-refractivity contribution in [2.45, 2.75) is 38.1 Å². The molecule has 2 bridgehead atoms. The average Bonchev–Trinajstić information content (AvgIpc) is 3.17. The summed E-state index contributed by atoms with van der Waals surface area (Å²) >= 11 is 0. The summed E-state index contributed by atoms with van der Waals surface area (Å²) in [6, 6.07) is 20.6. The van der Waals surface area contributed by atoms with Crippen molar-refractivity contribution in [3.63, 3.8) is 0 Å². The number of nitrogens with zero attached hydrogens (tertiary/aromatic N) is 2. The lowest BCUT2D eigenvalue weighted by atomic mass is 9.55. The molecule has 1 fully saturated rings. The van der Waals surface area contributed by atoms with Gasteiger partial charge in [0, 0.05) is 29.7 Å². The van der Waals surface area contributed by atoms with Gasteiger partial charge in [-0.1, -0.05) is 62.4 Å². The molecule has 3 aromatic carbocycles. The second-order valence-electron chi connectivity index (χ2n) is 10.7. The van der Waals surface area contributed by atoms with Crippen LogP contribution in [-0.4, -0.2) is 33.6 Å². The predicted octanol–water partition coefficient (Wildman–Crippen LogP) is 4.84. The topological polar surface area (TPSA) is 110 Å². The number of benzene rings is 3. The van der Waals surface area contributed by atoms with Crippen molar-refractivity contribution < 1.29 is 19.3 Å². The van der Waals surface area contributed by atoms with E-state index in [9.17, 15) is 24.5 Å². The van der Waals surface area contributed by atoms with Gasteiger partial charge >= 0.3 is 0 Å². The fourth-order valence-electron chi connectivity index (χ4n) is 6.68. The number of amides is 3. The zero-order chi connectivity index (χ0) is 26.7. The minimum atomic E-state index is -0.985. The van der Waals surface area contributed by atoms with Gasteiger partial charge in [0.2, 0.25) is 17.7 Å². The van der Waals surface area contributed by atoms with Gasteiger partial charge in [0.1, 0.15) is 6.04 Å². The molecule has 3 atom stereocenters.